The van der Waals surface area contributed by atoms with E-state index < -0.39 is 17.8 Å². The number of aromatic nitrogens is 1. The fraction of sp³-hybridized carbons (Fsp3) is 0.250. The second-order valence-electron chi connectivity index (χ2n) is 6.11. The highest BCUT2D eigenvalue weighted by Crippen LogP contribution is 2.28. The third kappa shape index (κ3) is 2.63. The summed E-state index contributed by atoms with van der Waals surface area (Å²) in [5, 5.41) is 1.27. The number of rotatable bonds is 2. The van der Waals surface area contributed by atoms with Crippen molar-refractivity contribution in [3.8, 4) is 0 Å². The van der Waals surface area contributed by atoms with E-state index in [0.29, 0.717) is 5.06 Å². The zero-order chi connectivity index (χ0) is 16.8. The van der Waals surface area contributed by atoms with Crippen molar-refractivity contribution in [1.82, 2.24) is 10.0 Å². The molecule has 0 bridgehead atoms. The van der Waals surface area contributed by atoms with E-state index in [-0.39, 0.29) is 21.4 Å². The second-order valence-corrected chi connectivity index (χ2v) is 7.14. The van der Waals surface area contributed by atoms with E-state index in [2.05, 4.69) is 4.98 Å². The van der Waals surface area contributed by atoms with E-state index >= 15 is 0 Å². The van der Waals surface area contributed by atoms with Crippen LogP contribution in [0.15, 0.2) is 30.5 Å². The molecule has 7 heteroatoms. The molecule has 0 aliphatic carbocycles. The molecule has 1 aromatic carbocycles. The molecule has 0 saturated heterocycles. The average molecular weight is 330 g/mol. The lowest BCUT2D eigenvalue weighted by atomic mass is 9.98. The van der Waals surface area contributed by atoms with Gasteiger partial charge < -0.3 is 4.84 Å². The van der Waals surface area contributed by atoms with Crippen LogP contribution in [0.1, 0.15) is 56.2 Å². The fourth-order valence-corrected chi connectivity index (χ4v) is 2.94. The first-order valence-electron chi connectivity index (χ1n) is 6.95. The number of fused-ring (bicyclic) bond motifs is 1. The molecular weight excluding hydrogens is 316 g/mol. The molecule has 2 amide bonds. The summed E-state index contributed by atoms with van der Waals surface area (Å²) in [6.07, 6.45) is 1.39. The summed E-state index contributed by atoms with van der Waals surface area (Å²) in [4.78, 5) is 45.9. The topological polar surface area (TPSA) is 76.6 Å². The van der Waals surface area contributed by atoms with Crippen LogP contribution in [0.3, 0.4) is 0 Å². The van der Waals surface area contributed by atoms with Gasteiger partial charge in [0.1, 0.15) is 4.88 Å². The predicted octanol–water partition coefficient (Wildman–Crippen LogP) is 2.81. The van der Waals surface area contributed by atoms with Gasteiger partial charge in [-0.1, -0.05) is 38.0 Å². The number of nitrogens with zero attached hydrogens (tertiary/aromatic N) is 2. The molecule has 1 aliphatic heterocycles. The van der Waals surface area contributed by atoms with Crippen molar-refractivity contribution >= 4 is 29.1 Å². The normalized spacial score (nSPS) is 14.1. The van der Waals surface area contributed by atoms with Gasteiger partial charge in [0.2, 0.25) is 0 Å². The number of hydrogen-bond acceptors (Lipinski definition) is 6. The lowest BCUT2D eigenvalue weighted by molar-refractivity contribution is -0.0581. The van der Waals surface area contributed by atoms with E-state index in [0.717, 1.165) is 5.01 Å². The number of carbonyl (C=O) groups excluding carboxylic acids is 3. The molecular formula is C16H14N2O4S. The quantitative estimate of drug-likeness (QED) is 0.791. The van der Waals surface area contributed by atoms with Crippen LogP contribution in [0.4, 0.5) is 0 Å². The molecule has 3 rings (SSSR count). The highest BCUT2D eigenvalue weighted by atomic mass is 32.1. The maximum absolute atomic E-state index is 12.2. The molecule has 2 heterocycles. The van der Waals surface area contributed by atoms with Crippen molar-refractivity contribution in [2.45, 2.75) is 26.2 Å². The van der Waals surface area contributed by atoms with Crippen LogP contribution in [0.2, 0.25) is 0 Å². The van der Waals surface area contributed by atoms with Gasteiger partial charge in [-0.25, -0.2) is 9.78 Å². The van der Waals surface area contributed by atoms with Gasteiger partial charge >= 0.3 is 5.97 Å². The van der Waals surface area contributed by atoms with Crippen molar-refractivity contribution in [2.75, 3.05) is 0 Å². The minimum absolute atomic E-state index is 0.196. The highest BCUT2D eigenvalue weighted by molar-refractivity contribution is 7.13. The van der Waals surface area contributed by atoms with E-state index in [1.807, 2.05) is 20.8 Å². The SMILES string of the molecule is CC(C)(C)c1ncc(C(=O)ON2C(=O)c3ccccc3C2=O)s1. The van der Waals surface area contributed by atoms with Crippen LogP contribution in [0.25, 0.3) is 0 Å². The van der Waals surface area contributed by atoms with Crippen molar-refractivity contribution in [2.24, 2.45) is 0 Å². The Bertz CT molecular complexity index is 784. The molecule has 0 N–H and O–H groups in total. The Hall–Kier alpha value is -2.54. The second kappa shape index (κ2) is 5.27. The minimum Gasteiger partial charge on any atom is -0.323 e. The Labute approximate surface area is 136 Å². The average Bonchev–Trinajstić information content (AvgIpc) is 3.08. The van der Waals surface area contributed by atoms with E-state index in [1.165, 1.54) is 29.7 Å². The first-order valence-corrected chi connectivity index (χ1v) is 7.77. The molecule has 0 atom stereocenters. The lowest BCUT2D eigenvalue weighted by Crippen LogP contribution is -2.32. The highest BCUT2D eigenvalue weighted by Gasteiger charge is 2.39. The van der Waals surface area contributed by atoms with Crippen LogP contribution >= 0.6 is 11.3 Å². The first kappa shape index (κ1) is 15.4. The molecule has 0 saturated carbocycles. The summed E-state index contributed by atoms with van der Waals surface area (Å²) >= 11 is 1.18. The van der Waals surface area contributed by atoms with Gasteiger partial charge in [-0.05, 0) is 12.1 Å². The standard InChI is InChI=1S/C16H14N2O4S/c1-16(2,3)15-17-8-11(23-15)14(21)22-18-12(19)9-6-4-5-7-10(9)13(18)20/h4-8H,1-3H3. The maximum Gasteiger partial charge on any atom is 0.375 e. The van der Waals surface area contributed by atoms with Gasteiger partial charge in [-0.15, -0.1) is 11.3 Å². The van der Waals surface area contributed by atoms with Crippen molar-refractivity contribution < 1.29 is 19.2 Å². The van der Waals surface area contributed by atoms with Gasteiger partial charge in [0.05, 0.1) is 22.3 Å². The molecule has 2 aromatic rings. The Morgan fingerprint density at radius 3 is 2.17 bits per heavy atom. The number of carbonyl (C=O) groups is 3. The molecule has 0 fully saturated rings. The van der Waals surface area contributed by atoms with Crippen molar-refractivity contribution in [3.63, 3.8) is 0 Å². The number of benzene rings is 1. The smallest absolute Gasteiger partial charge is 0.323 e. The Kier molecular flexibility index (Phi) is 3.52. The summed E-state index contributed by atoms with van der Waals surface area (Å²) < 4.78 is 0. The predicted molar refractivity (Wildman–Crippen MR) is 83.2 cm³/mol. The number of hydroxylamine groups is 2. The zero-order valence-corrected chi connectivity index (χ0v) is 13.6. The molecule has 6 nitrogen and oxygen atoms in total. The Balaban J connectivity index is 1.81. The Morgan fingerprint density at radius 1 is 1.13 bits per heavy atom. The summed E-state index contributed by atoms with van der Waals surface area (Å²) in [6.45, 7) is 5.93. The summed E-state index contributed by atoms with van der Waals surface area (Å²) in [5.41, 5.74) is 0.258. The number of hydrogen-bond donors (Lipinski definition) is 0. The molecule has 23 heavy (non-hydrogen) atoms. The molecule has 118 valence electrons. The van der Waals surface area contributed by atoms with Crippen LogP contribution in [0, 0.1) is 0 Å². The first-order chi connectivity index (χ1) is 10.8. The third-order valence-corrected chi connectivity index (χ3v) is 4.68. The molecule has 0 spiro atoms. The van der Waals surface area contributed by atoms with E-state index in [9.17, 15) is 14.4 Å². The van der Waals surface area contributed by atoms with Gasteiger partial charge in [-0.3, -0.25) is 9.59 Å². The van der Waals surface area contributed by atoms with Crippen LogP contribution < -0.4 is 0 Å². The van der Waals surface area contributed by atoms with Crippen molar-refractivity contribution in [3.05, 3.63) is 51.5 Å². The fourth-order valence-electron chi connectivity index (χ4n) is 2.09. The Morgan fingerprint density at radius 2 is 1.70 bits per heavy atom. The van der Waals surface area contributed by atoms with Gasteiger partial charge in [0.25, 0.3) is 11.8 Å². The van der Waals surface area contributed by atoms with Crippen LogP contribution in [-0.4, -0.2) is 27.8 Å². The van der Waals surface area contributed by atoms with E-state index in [4.69, 9.17) is 4.84 Å². The van der Waals surface area contributed by atoms with Gasteiger partial charge in [0, 0.05) is 5.41 Å². The summed E-state index contributed by atoms with van der Waals surface area (Å²) in [6, 6.07) is 6.34. The van der Waals surface area contributed by atoms with Gasteiger partial charge in [0.15, 0.2) is 0 Å². The van der Waals surface area contributed by atoms with Gasteiger partial charge in [-0.2, -0.15) is 0 Å². The van der Waals surface area contributed by atoms with Crippen LogP contribution in [-0.2, 0) is 10.3 Å². The van der Waals surface area contributed by atoms with E-state index in [1.54, 1.807) is 12.1 Å². The molecule has 1 aromatic heterocycles. The molecule has 0 radical (unpaired) electrons. The maximum atomic E-state index is 12.2. The molecule has 0 unspecified atom stereocenters. The zero-order valence-electron chi connectivity index (χ0n) is 12.8. The monoisotopic (exact) mass is 330 g/mol. The largest absolute Gasteiger partial charge is 0.375 e. The lowest BCUT2D eigenvalue weighted by Gasteiger charge is -2.13. The number of thiazole rings is 1. The third-order valence-electron chi connectivity index (χ3n) is 3.28. The van der Waals surface area contributed by atoms with Crippen molar-refractivity contribution in [1.29, 1.82) is 0 Å². The number of imide groups is 1. The minimum atomic E-state index is -0.771. The number of amides is 2. The summed E-state index contributed by atoms with van der Waals surface area (Å²) in [5.74, 6) is -2.05. The summed E-state index contributed by atoms with van der Waals surface area (Å²) in [7, 11) is 0. The molecule has 1 aliphatic rings. The van der Waals surface area contributed by atoms with Crippen LogP contribution in [0.5, 0.6) is 0 Å².